The molecule has 0 aliphatic carbocycles. The smallest absolute Gasteiger partial charge is 0.224 e. The maximum atomic E-state index is 14.0. The molecule has 0 aliphatic heterocycles. The predicted octanol–water partition coefficient (Wildman–Crippen LogP) is 2.95. The molecule has 9 heteroatoms. The highest BCUT2D eigenvalue weighted by Crippen LogP contribution is 2.21. The van der Waals surface area contributed by atoms with Gasteiger partial charge in [0.1, 0.15) is 17.5 Å². The number of rotatable bonds is 7. The van der Waals surface area contributed by atoms with E-state index in [1.807, 2.05) is 6.07 Å². The zero-order valence-electron chi connectivity index (χ0n) is 15.7. The van der Waals surface area contributed by atoms with Crippen molar-refractivity contribution in [2.45, 2.75) is 19.6 Å². The van der Waals surface area contributed by atoms with Gasteiger partial charge in [-0.25, -0.2) is 14.4 Å². The molecular weight excluding hydrogens is 373 g/mol. The fourth-order valence-electron chi connectivity index (χ4n) is 2.84. The Labute approximate surface area is 166 Å². The lowest BCUT2D eigenvalue weighted by Crippen LogP contribution is -2.17. The minimum Gasteiger partial charge on any atom is -0.392 e. The Kier molecular flexibility index (Phi) is 5.30. The zero-order valence-corrected chi connectivity index (χ0v) is 15.7. The first-order valence-electron chi connectivity index (χ1n) is 9.15. The summed E-state index contributed by atoms with van der Waals surface area (Å²) in [5.74, 6) is 1.27. The molecule has 1 atom stereocenters. The van der Waals surface area contributed by atoms with E-state index < -0.39 is 6.10 Å². The van der Waals surface area contributed by atoms with Crippen molar-refractivity contribution in [2.24, 2.45) is 0 Å². The highest BCUT2D eigenvalue weighted by atomic mass is 19.1. The number of anilines is 3. The molecule has 0 aliphatic rings. The highest BCUT2D eigenvalue weighted by Gasteiger charge is 2.09. The monoisotopic (exact) mass is 393 g/mol. The number of aromatic nitrogens is 5. The molecule has 1 unspecified atom stereocenters. The molecule has 29 heavy (non-hydrogen) atoms. The highest BCUT2D eigenvalue weighted by molar-refractivity contribution is 5.81. The van der Waals surface area contributed by atoms with Gasteiger partial charge in [-0.15, -0.1) is 0 Å². The summed E-state index contributed by atoms with van der Waals surface area (Å²) in [6, 6.07) is 10.2. The SMILES string of the molecule is CC(O)CNc1nccc(Nc2cc3c(cn2)cnn3Cc2ccccc2F)n1. The fraction of sp³-hybridized carbons (Fsp3) is 0.200. The number of hydrogen-bond donors (Lipinski definition) is 3. The van der Waals surface area contributed by atoms with Crippen molar-refractivity contribution in [2.75, 3.05) is 17.2 Å². The van der Waals surface area contributed by atoms with E-state index in [0.29, 0.717) is 36.2 Å². The first kappa shape index (κ1) is 18.8. The van der Waals surface area contributed by atoms with Gasteiger partial charge < -0.3 is 15.7 Å². The summed E-state index contributed by atoms with van der Waals surface area (Å²) in [6.07, 6.45) is 4.52. The van der Waals surface area contributed by atoms with Gasteiger partial charge in [0.2, 0.25) is 5.95 Å². The van der Waals surface area contributed by atoms with Gasteiger partial charge in [0.25, 0.3) is 0 Å². The number of pyridine rings is 1. The number of aliphatic hydroxyl groups is 1. The van der Waals surface area contributed by atoms with Crippen LogP contribution in [0.5, 0.6) is 0 Å². The third-order valence-corrected chi connectivity index (χ3v) is 4.27. The lowest BCUT2D eigenvalue weighted by Gasteiger charge is -2.10. The first-order chi connectivity index (χ1) is 14.1. The lowest BCUT2D eigenvalue weighted by molar-refractivity contribution is 0.208. The third-order valence-electron chi connectivity index (χ3n) is 4.27. The van der Waals surface area contributed by atoms with E-state index in [1.165, 1.54) is 6.07 Å². The van der Waals surface area contributed by atoms with Crippen LogP contribution in [0.3, 0.4) is 0 Å². The van der Waals surface area contributed by atoms with E-state index in [2.05, 4.69) is 30.7 Å². The van der Waals surface area contributed by atoms with Crippen LogP contribution >= 0.6 is 0 Å². The minimum atomic E-state index is -0.506. The van der Waals surface area contributed by atoms with Crippen LogP contribution in [0.4, 0.5) is 22.0 Å². The number of benzene rings is 1. The number of nitrogens with one attached hydrogen (secondary N) is 2. The van der Waals surface area contributed by atoms with Gasteiger partial charge in [-0.2, -0.15) is 10.1 Å². The van der Waals surface area contributed by atoms with E-state index in [-0.39, 0.29) is 5.82 Å². The maximum absolute atomic E-state index is 14.0. The van der Waals surface area contributed by atoms with Crippen LogP contribution in [0.2, 0.25) is 0 Å². The molecule has 0 bridgehead atoms. The molecule has 0 radical (unpaired) electrons. The molecule has 1 aromatic carbocycles. The Morgan fingerprint density at radius 1 is 1.14 bits per heavy atom. The van der Waals surface area contributed by atoms with Crippen molar-refractivity contribution in [3.63, 3.8) is 0 Å². The molecule has 148 valence electrons. The van der Waals surface area contributed by atoms with Gasteiger partial charge in [-0.3, -0.25) is 4.68 Å². The van der Waals surface area contributed by atoms with Gasteiger partial charge in [0.15, 0.2) is 0 Å². The Hall–Kier alpha value is -3.59. The number of hydrogen-bond acceptors (Lipinski definition) is 7. The van der Waals surface area contributed by atoms with Crippen molar-refractivity contribution < 1.29 is 9.50 Å². The standard InChI is InChI=1S/C20H20FN7O/c1-13(29)9-24-20-22-7-6-18(27-20)26-19-8-17-15(10-23-19)11-25-28(17)12-14-4-2-3-5-16(14)21/h2-8,10-11,13,29H,9,12H2,1H3,(H2,22,23,24,26,27). The largest absolute Gasteiger partial charge is 0.392 e. The van der Waals surface area contributed by atoms with Crippen LogP contribution in [-0.4, -0.2) is 42.5 Å². The quantitative estimate of drug-likeness (QED) is 0.444. The molecule has 0 fully saturated rings. The second-order valence-corrected chi connectivity index (χ2v) is 6.64. The second-order valence-electron chi connectivity index (χ2n) is 6.64. The summed E-state index contributed by atoms with van der Waals surface area (Å²) in [4.78, 5) is 12.9. The topological polar surface area (TPSA) is 101 Å². The van der Waals surface area contributed by atoms with Gasteiger partial charge in [-0.1, -0.05) is 18.2 Å². The van der Waals surface area contributed by atoms with Crippen molar-refractivity contribution in [3.8, 4) is 0 Å². The van der Waals surface area contributed by atoms with Gasteiger partial charge in [0.05, 0.1) is 24.4 Å². The Morgan fingerprint density at radius 3 is 2.83 bits per heavy atom. The summed E-state index contributed by atoms with van der Waals surface area (Å²) >= 11 is 0. The van der Waals surface area contributed by atoms with Crippen LogP contribution < -0.4 is 10.6 Å². The van der Waals surface area contributed by atoms with Crippen molar-refractivity contribution in [1.29, 1.82) is 0 Å². The first-order valence-corrected chi connectivity index (χ1v) is 9.15. The van der Waals surface area contributed by atoms with Crippen LogP contribution in [0.15, 0.2) is 55.0 Å². The Morgan fingerprint density at radius 2 is 2.00 bits per heavy atom. The van der Waals surface area contributed by atoms with E-state index in [1.54, 1.807) is 54.5 Å². The zero-order chi connectivity index (χ0) is 20.2. The molecule has 4 aromatic rings. The molecule has 3 N–H and O–H groups in total. The van der Waals surface area contributed by atoms with Crippen molar-refractivity contribution >= 4 is 28.5 Å². The molecule has 0 saturated heterocycles. The van der Waals surface area contributed by atoms with E-state index in [4.69, 9.17) is 0 Å². The molecule has 3 heterocycles. The maximum Gasteiger partial charge on any atom is 0.224 e. The number of fused-ring (bicyclic) bond motifs is 1. The number of nitrogens with zero attached hydrogens (tertiary/aromatic N) is 5. The summed E-state index contributed by atoms with van der Waals surface area (Å²) in [7, 11) is 0. The summed E-state index contributed by atoms with van der Waals surface area (Å²) in [5, 5.41) is 20.7. The molecule has 8 nitrogen and oxygen atoms in total. The van der Waals surface area contributed by atoms with E-state index >= 15 is 0 Å². The molecule has 0 amide bonds. The van der Waals surface area contributed by atoms with Gasteiger partial charge >= 0.3 is 0 Å². The molecule has 4 rings (SSSR count). The minimum absolute atomic E-state index is 0.262. The number of halogens is 1. The van der Waals surface area contributed by atoms with Gasteiger partial charge in [-0.05, 0) is 19.1 Å². The third kappa shape index (κ3) is 4.46. The van der Waals surface area contributed by atoms with Crippen LogP contribution in [0.1, 0.15) is 12.5 Å². The fourth-order valence-corrected chi connectivity index (χ4v) is 2.84. The van der Waals surface area contributed by atoms with Crippen LogP contribution in [0, 0.1) is 5.82 Å². The normalized spacial score (nSPS) is 12.1. The van der Waals surface area contributed by atoms with Gasteiger partial charge in [0, 0.05) is 36.0 Å². The lowest BCUT2D eigenvalue weighted by atomic mass is 10.2. The van der Waals surface area contributed by atoms with Crippen molar-refractivity contribution in [3.05, 3.63) is 66.4 Å². The van der Waals surface area contributed by atoms with E-state index in [9.17, 15) is 9.50 Å². The number of aliphatic hydroxyl groups excluding tert-OH is 1. The molecular formula is C20H20FN7O. The predicted molar refractivity (Wildman–Crippen MR) is 109 cm³/mol. The Bertz CT molecular complexity index is 1130. The Balaban J connectivity index is 1.56. The molecule has 3 aromatic heterocycles. The molecule has 0 saturated carbocycles. The summed E-state index contributed by atoms with van der Waals surface area (Å²) < 4.78 is 15.7. The van der Waals surface area contributed by atoms with Crippen molar-refractivity contribution in [1.82, 2.24) is 24.7 Å². The second kappa shape index (κ2) is 8.19. The summed E-state index contributed by atoms with van der Waals surface area (Å²) in [5.41, 5.74) is 1.39. The van der Waals surface area contributed by atoms with Crippen LogP contribution in [0.25, 0.3) is 10.9 Å². The average Bonchev–Trinajstić information content (AvgIpc) is 3.11. The molecule has 0 spiro atoms. The summed E-state index contributed by atoms with van der Waals surface area (Å²) in [6.45, 7) is 2.35. The van der Waals surface area contributed by atoms with Crippen LogP contribution in [-0.2, 0) is 6.54 Å². The average molecular weight is 393 g/mol. The van der Waals surface area contributed by atoms with E-state index in [0.717, 1.165) is 10.9 Å².